The van der Waals surface area contributed by atoms with Gasteiger partial charge in [0.1, 0.15) is 9.79 Å². The van der Waals surface area contributed by atoms with Crippen LogP contribution < -0.4 is 0 Å². The Kier molecular flexibility index (Phi) is 7.84. The molecule has 0 atom stereocenters. The van der Waals surface area contributed by atoms with Crippen molar-refractivity contribution in [2.75, 3.05) is 21.3 Å². The van der Waals surface area contributed by atoms with E-state index in [0.717, 1.165) is 21.3 Å². The van der Waals surface area contributed by atoms with Gasteiger partial charge in [0, 0.05) is 4.90 Å². The molecule has 0 spiro atoms. The van der Waals surface area contributed by atoms with Crippen LogP contribution in [0.4, 0.5) is 0 Å². The van der Waals surface area contributed by atoms with Crippen molar-refractivity contribution >= 4 is 43.0 Å². The molecule has 1 aromatic rings. The summed E-state index contributed by atoms with van der Waals surface area (Å²) >= 11 is 3.82. The van der Waals surface area contributed by atoms with Gasteiger partial charge in [-0.1, -0.05) is 0 Å². The van der Waals surface area contributed by atoms with Crippen molar-refractivity contribution in [2.45, 2.75) is 19.6 Å². The van der Waals surface area contributed by atoms with Crippen LogP contribution in [0.2, 0.25) is 0 Å². The Hall–Kier alpha value is -0.0766. The molecule has 0 aliphatic rings. The zero-order valence-electron chi connectivity index (χ0n) is 12.2. The Morgan fingerprint density at radius 3 is 1.30 bits per heavy atom. The van der Waals surface area contributed by atoms with Crippen molar-refractivity contribution in [3.05, 3.63) is 12.1 Å². The summed E-state index contributed by atoms with van der Waals surface area (Å²) in [7, 11) is -10.7. The molecule has 9 nitrogen and oxygen atoms in total. The molecule has 1 rings (SSSR count). The predicted octanol–water partition coefficient (Wildman–Crippen LogP) is -0.0219. The molecule has 1 aromatic carbocycles. The van der Waals surface area contributed by atoms with E-state index in [4.69, 9.17) is 0 Å². The molecule has 0 N–H and O–H groups in total. The van der Waals surface area contributed by atoms with Crippen LogP contribution in [0.5, 0.6) is 0 Å². The molecular formula is C9H12O9S4Zn+2. The van der Waals surface area contributed by atoms with Gasteiger partial charge in [0.15, 0.2) is 0 Å². The Morgan fingerprint density at radius 1 is 0.739 bits per heavy atom. The minimum Gasteiger partial charge on any atom is -0.270 e. The van der Waals surface area contributed by atoms with Crippen molar-refractivity contribution in [2.24, 2.45) is 0 Å². The van der Waals surface area contributed by atoms with Gasteiger partial charge in [-0.15, -0.1) is 12.6 Å². The van der Waals surface area contributed by atoms with Crippen LogP contribution in [-0.4, -0.2) is 46.6 Å². The van der Waals surface area contributed by atoms with Gasteiger partial charge in [0.2, 0.25) is 0 Å². The van der Waals surface area contributed by atoms with Crippen LogP contribution in [0.3, 0.4) is 0 Å². The van der Waals surface area contributed by atoms with Crippen LogP contribution in [-0.2, 0) is 62.4 Å². The number of hydrogen-bond acceptors (Lipinski definition) is 10. The molecule has 0 fully saturated rings. The first-order valence-corrected chi connectivity index (χ1v) is 9.89. The first kappa shape index (κ1) is 22.9. The zero-order chi connectivity index (χ0) is 17.3. The van der Waals surface area contributed by atoms with Crippen LogP contribution in [0, 0.1) is 0 Å². The second-order valence-electron chi connectivity index (χ2n) is 3.63. The van der Waals surface area contributed by atoms with Crippen LogP contribution >= 0.6 is 12.6 Å². The zero-order valence-corrected chi connectivity index (χ0v) is 18.5. The summed E-state index contributed by atoms with van der Waals surface area (Å²) < 4.78 is 83.5. The molecule has 0 saturated carbocycles. The van der Waals surface area contributed by atoms with Gasteiger partial charge in [-0.25, -0.2) is 0 Å². The molecule has 0 unspecified atom stereocenters. The maximum absolute atomic E-state index is 11.8. The van der Waals surface area contributed by atoms with E-state index in [1.807, 2.05) is 0 Å². The quantitative estimate of drug-likeness (QED) is 0.355. The van der Waals surface area contributed by atoms with E-state index in [1.165, 1.54) is 0 Å². The average molecular weight is 458 g/mol. The minimum absolute atomic E-state index is 0. The van der Waals surface area contributed by atoms with E-state index in [0.29, 0.717) is 12.1 Å². The second-order valence-corrected chi connectivity index (χ2v) is 9.15. The van der Waals surface area contributed by atoms with Gasteiger partial charge in [0.25, 0.3) is 30.4 Å². The average Bonchev–Trinajstić information content (AvgIpc) is 2.46. The molecule has 126 valence electrons. The smallest absolute Gasteiger partial charge is 0.270 e. The Balaban J connectivity index is 0.00000484. The van der Waals surface area contributed by atoms with Crippen molar-refractivity contribution < 1.29 is 57.3 Å². The third-order valence-corrected chi connectivity index (χ3v) is 7.13. The number of thiol groups is 1. The van der Waals surface area contributed by atoms with Gasteiger partial charge < -0.3 is 0 Å². The number of benzene rings is 1. The van der Waals surface area contributed by atoms with Crippen molar-refractivity contribution in [3.63, 3.8) is 0 Å². The Morgan fingerprint density at radius 2 is 1.04 bits per heavy atom. The van der Waals surface area contributed by atoms with E-state index in [1.54, 1.807) is 0 Å². The monoisotopic (exact) mass is 456 g/mol. The predicted molar refractivity (Wildman–Crippen MR) is 76.3 cm³/mol. The summed E-state index contributed by atoms with van der Waals surface area (Å²) in [4.78, 5) is -2.77. The molecule has 0 amide bonds. The maximum Gasteiger partial charge on any atom is 2.00 e. The third kappa shape index (κ3) is 4.72. The van der Waals surface area contributed by atoms with Crippen LogP contribution in [0.25, 0.3) is 0 Å². The van der Waals surface area contributed by atoms with Gasteiger partial charge in [-0.05, 0) is 12.1 Å². The normalized spacial score (nSPS) is 12.7. The van der Waals surface area contributed by atoms with E-state index in [-0.39, 0.29) is 19.5 Å². The van der Waals surface area contributed by atoms with Crippen molar-refractivity contribution in [1.82, 2.24) is 0 Å². The van der Waals surface area contributed by atoms with E-state index in [2.05, 4.69) is 25.2 Å². The van der Waals surface area contributed by atoms with Gasteiger partial charge in [-0.2, -0.15) is 25.3 Å². The van der Waals surface area contributed by atoms with Gasteiger partial charge >= 0.3 is 19.5 Å². The summed E-state index contributed by atoms with van der Waals surface area (Å²) in [6, 6.07) is 1.35. The van der Waals surface area contributed by atoms with Crippen LogP contribution in [0.1, 0.15) is 0 Å². The molecule has 0 aliphatic carbocycles. The van der Waals surface area contributed by atoms with Crippen molar-refractivity contribution in [1.29, 1.82) is 0 Å². The molecule has 0 radical (unpaired) electrons. The van der Waals surface area contributed by atoms with Crippen molar-refractivity contribution in [3.8, 4) is 0 Å². The fourth-order valence-electron chi connectivity index (χ4n) is 1.36. The Labute approximate surface area is 152 Å². The topological polar surface area (TPSA) is 130 Å². The van der Waals surface area contributed by atoms with E-state index >= 15 is 0 Å². The third-order valence-electron chi connectivity index (χ3n) is 2.50. The maximum atomic E-state index is 11.8. The fraction of sp³-hybridized carbons (Fsp3) is 0.333. The molecular weight excluding hydrogens is 446 g/mol. The summed E-state index contributed by atoms with van der Waals surface area (Å²) in [5.41, 5.74) is 0. The molecule has 14 heteroatoms. The van der Waals surface area contributed by atoms with E-state index < -0.39 is 49.9 Å². The first-order chi connectivity index (χ1) is 9.93. The molecule has 0 aliphatic heterocycles. The largest absolute Gasteiger partial charge is 2.00 e. The SMILES string of the molecule is COS(=O)(=O)c1cc(S(=O)(=O)OC)c(S)c(S(=O)(=O)OC)c1.[Zn+2]. The summed E-state index contributed by atoms with van der Waals surface area (Å²) in [5.74, 6) is 0. The molecule has 0 saturated heterocycles. The van der Waals surface area contributed by atoms with Crippen LogP contribution in [0.15, 0.2) is 31.7 Å². The number of rotatable bonds is 6. The first-order valence-electron chi connectivity index (χ1n) is 5.22. The summed E-state index contributed by atoms with van der Waals surface area (Å²) in [6.07, 6.45) is 0. The Bertz CT molecular complexity index is 832. The molecule has 0 heterocycles. The van der Waals surface area contributed by atoms with E-state index in [9.17, 15) is 25.3 Å². The standard InChI is InChI=1S/C9H12O9S4.Zn/c1-16-20(10,11)6-4-7(21(12,13)17-2)9(19)8(5-6)22(14,15)18-3;/h4-5,19H,1-3H3;/q;+2. The second kappa shape index (κ2) is 7.87. The number of hydrogen-bond donors (Lipinski definition) is 1. The minimum atomic E-state index is -4.43. The molecule has 0 bridgehead atoms. The summed E-state index contributed by atoms with van der Waals surface area (Å²) in [6.45, 7) is 0. The van der Waals surface area contributed by atoms with Gasteiger partial charge in [0.05, 0.1) is 26.2 Å². The molecule has 0 aromatic heterocycles. The molecule has 23 heavy (non-hydrogen) atoms. The van der Waals surface area contributed by atoms with Gasteiger partial charge in [-0.3, -0.25) is 12.5 Å². The summed E-state index contributed by atoms with van der Waals surface area (Å²) in [5, 5.41) is 0. The fourth-order valence-corrected chi connectivity index (χ4v) is 4.69.